The Morgan fingerprint density at radius 2 is 2.15 bits per heavy atom. The van der Waals surface area contributed by atoms with E-state index in [0.717, 1.165) is 31.6 Å². The van der Waals surface area contributed by atoms with Crippen molar-refractivity contribution in [3.63, 3.8) is 0 Å². The van der Waals surface area contributed by atoms with E-state index in [4.69, 9.17) is 23.2 Å². The van der Waals surface area contributed by atoms with Gasteiger partial charge in [-0.1, -0.05) is 29.3 Å². The molecule has 108 valence electrons. The first-order valence-corrected chi connectivity index (χ1v) is 7.79. The molecule has 0 radical (unpaired) electrons. The second-order valence-electron chi connectivity index (χ2n) is 5.76. The van der Waals surface area contributed by atoms with Gasteiger partial charge in [-0.05, 0) is 37.0 Å². The van der Waals surface area contributed by atoms with E-state index in [1.807, 2.05) is 23.1 Å². The topological polar surface area (TPSA) is 32.3 Å². The number of amides is 1. The maximum atomic E-state index is 12.5. The predicted molar refractivity (Wildman–Crippen MR) is 81.4 cm³/mol. The van der Waals surface area contributed by atoms with Crippen molar-refractivity contribution in [2.24, 2.45) is 5.92 Å². The molecule has 1 saturated carbocycles. The lowest BCUT2D eigenvalue weighted by atomic mass is 10.1. The first-order chi connectivity index (χ1) is 9.56. The average Bonchev–Trinajstić information content (AvgIpc) is 3.21. The summed E-state index contributed by atoms with van der Waals surface area (Å²) in [5, 5.41) is 4.49. The Labute approximate surface area is 129 Å². The van der Waals surface area contributed by atoms with Crippen LogP contribution in [0, 0.1) is 5.92 Å². The van der Waals surface area contributed by atoms with Crippen LogP contribution in [0.15, 0.2) is 18.2 Å². The second-order valence-corrected chi connectivity index (χ2v) is 6.58. The molecule has 1 aliphatic heterocycles. The zero-order valence-electron chi connectivity index (χ0n) is 11.4. The second kappa shape index (κ2) is 5.55. The Hall–Kier alpha value is -0.770. The number of piperazine rings is 1. The SMILES string of the molecule is CC1CN(C(=O)C2CC2c2ccc(Cl)c(Cl)c2)CCN1. The summed E-state index contributed by atoms with van der Waals surface area (Å²) in [4.78, 5) is 14.5. The first kappa shape index (κ1) is 14.2. The van der Waals surface area contributed by atoms with E-state index >= 15 is 0 Å². The Kier molecular flexibility index (Phi) is 3.93. The molecule has 3 rings (SSSR count). The standard InChI is InChI=1S/C15H18Cl2N2O/c1-9-8-19(5-4-18-9)15(20)12-7-11(12)10-2-3-13(16)14(17)6-10/h2-3,6,9,11-12,18H,4-5,7-8H2,1H3. The lowest BCUT2D eigenvalue weighted by molar-refractivity contribution is -0.133. The molecule has 20 heavy (non-hydrogen) atoms. The normalized spacial score (nSPS) is 29.4. The molecular weight excluding hydrogens is 295 g/mol. The molecule has 1 N–H and O–H groups in total. The van der Waals surface area contributed by atoms with Crippen molar-refractivity contribution < 1.29 is 4.79 Å². The third-order valence-electron chi connectivity index (χ3n) is 4.16. The quantitative estimate of drug-likeness (QED) is 0.910. The highest BCUT2D eigenvalue weighted by Crippen LogP contribution is 2.49. The lowest BCUT2D eigenvalue weighted by Crippen LogP contribution is -2.51. The molecule has 1 heterocycles. The van der Waals surface area contributed by atoms with Crippen LogP contribution >= 0.6 is 23.2 Å². The van der Waals surface area contributed by atoms with Gasteiger partial charge in [0, 0.05) is 31.6 Å². The van der Waals surface area contributed by atoms with Gasteiger partial charge in [0.05, 0.1) is 10.0 Å². The van der Waals surface area contributed by atoms with Crippen LogP contribution in [-0.2, 0) is 4.79 Å². The summed E-state index contributed by atoms with van der Waals surface area (Å²) >= 11 is 12.0. The molecule has 1 aliphatic carbocycles. The van der Waals surface area contributed by atoms with Crippen molar-refractivity contribution in [1.82, 2.24) is 10.2 Å². The van der Waals surface area contributed by atoms with Gasteiger partial charge in [-0.2, -0.15) is 0 Å². The predicted octanol–water partition coefficient (Wildman–Crippen LogP) is 2.92. The third-order valence-corrected chi connectivity index (χ3v) is 4.90. The van der Waals surface area contributed by atoms with Crippen molar-refractivity contribution in [3.05, 3.63) is 33.8 Å². The van der Waals surface area contributed by atoms with Crippen molar-refractivity contribution >= 4 is 29.1 Å². The molecule has 1 aromatic rings. The van der Waals surface area contributed by atoms with Gasteiger partial charge in [0.2, 0.25) is 5.91 Å². The van der Waals surface area contributed by atoms with Crippen LogP contribution in [0.4, 0.5) is 0 Å². The van der Waals surface area contributed by atoms with E-state index < -0.39 is 0 Å². The fraction of sp³-hybridized carbons (Fsp3) is 0.533. The van der Waals surface area contributed by atoms with E-state index in [-0.39, 0.29) is 11.8 Å². The summed E-state index contributed by atoms with van der Waals surface area (Å²) in [6.45, 7) is 4.62. The highest BCUT2D eigenvalue weighted by molar-refractivity contribution is 6.42. The Bertz CT molecular complexity index is 535. The molecule has 0 spiro atoms. The summed E-state index contributed by atoms with van der Waals surface area (Å²) < 4.78 is 0. The van der Waals surface area contributed by atoms with Gasteiger partial charge < -0.3 is 10.2 Å². The number of halogens is 2. The molecule has 3 nitrogen and oxygen atoms in total. The summed E-state index contributed by atoms with van der Waals surface area (Å²) in [6.07, 6.45) is 0.926. The summed E-state index contributed by atoms with van der Waals surface area (Å²) in [5.41, 5.74) is 1.13. The molecular formula is C15H18Cl2N2O. The highest BCUT2D eigenvalue weighted by Gasteiger charge is 2.46. The van der Waals surface area contributed by atoms with E-state index in [0.29, 0.717) is 22.0 Å². The monoisotopic (exact) mass is 312 g/mol. The minimum absolute atomic E-state index is 0.123. The van der Waals surface area contributed by atoms with Gasteiger partial charge in [0.25, 0.3) is 0 Å². The molecule has 3 unspecified atom stereocenters. The van der Waals surface area contributed by atoms with Gasteiger partial charge in [-0.15, -0.1) is 0 Å². The molecule has 0 aromatic heterocycles. The van der Waals surface area contributed by atoms with Crippen molar-refractivity contribution in [1.29, 1.82) is 0 Å². The summed E-state index contributed by atoms with van der Waals surface area (Å²) in [5.74, 6) is 0.717. The molecule has 1 saturated heterocycles. The van der Waals surface area contributed by atoms with Crippen molar-refractivity contribution in [2.45, 2.75) is 25.3 Å². The van der Waals surface area contributed by atoms with Gasteiger partial charge in [-0.3, -0.25) is 4.79 Å². The maximum absolute atomic E-state index is 12.5. The van der Waals surface area contributed by atoms with Crippen LogP contribution < -0.4 is 5.32 Å². The number of hydrogen-bond donors (Lipinski definition) is 1. The Morgan fingerprint density at radius 1 is 1.35 bits per heavy atom. The molecule has 3 atom stereocenters. The van der Waals surface area contributed by atoms with Gasteiger partial charge in [0.15, 0.2) is 0 Å². The fourth-order valence-electron chi connectivity index (χ4n) is 2.95. The van der Waals surface area contributed by atoms with E-state index in [1.54, 1.807) is 0 Å². The number of nitrogens with one attached hydrogen (secondary N) is 1. The molecule has 1 aromatic carbocycles. The average molecular weight is 313 g/mol. The Balaban J connectivity index is 1.66. The Morgan fingerprint density at radius 3 is 2.85 bits per heavy atom. The zero-order valence-corrected chi connectivity index (χ0v) is 12.9. The van der Waals surface area contributed by atoms with Crippen LogP contribution in [0.1, 0.15) is 24.8 Å². The number of rotatable bonds is 2. The smallest absolute Gasteiger partial charge is 0.226 e. The van der Waals surface area contributed by atoms with Crippen LogP contribution in [0.5, 0.6) is 0 Å². The van der Waals surface area contributed by atoms with Crippen LogP contribution in [0.25, 0.3) is 0 Å². The molecule has 2 fully saturated rings. The molecule has 5 heteroatoms. The van der Waals surface area contributed by atoms with Crippen molar-refractivity contribution in [2.75, 3.05) is 19.6 Å². The largest absolute Gasteiger partial charge is 0.340 e. The van der Waals surface area contributed by atoms with E-state index in [2.05, 4.69) is 12.2 Å². The van der Waals surface area contributed by atoms with E-state index in [9.17, 15) is 4.79 Å². The highest BCUT2D eigenvalue weighted by atomic mass is 35.5. The first-order valence-electron chi connectivity index (χ1n) is 7.03. The number of benzene rings is 1. The lowest BCUT2D eigenvalue weighted by Gasteiger charge is -2.32. The van der Waals surface area contributed by atoms with Gasteiger partial charge >= 0.3 is 0 Å². The zero-order chi connectivity index (χ0) is 14.3. The van der Waals surface area contributed by atoms with Crippen LogP contribution in [0.2, 0.25) is 10.0 Å². The third kappa shape index (κ3) is 2.80. The number of carbonyl (C=O) groups excluding carboxylic acids is 1. The minimum atomic E-state index is 0.123. The summed E-state index contributed by atoms with van der Waals surface area (Å²) in [7, 11) is 0. The van der Waals surface area contributed by atoms with Gasteiger partial charge in [-0.25, -0.2) is 0 Å². The molecule has 1 amide bonds. The maximum Gasteiger partial charge on any atom is 0.226 e. The van der Waals surface area contributed by atoms with Gasteiger partial charge in [0.1, 0.15) is 0 Å². The number of nitrogens with zero attached hydrogens (tertiary/aromatic N) is 1. The minimum Gasteiger partial charge on any atom is -0.340 e. The fourth-order valence-corrected chi connectivity index (χ4v) is 3.25. The van der Waals surface area contributed by atoms with Crippen molar-refractivity contribution in [3.8, 4) is 0 Å². The summed E-state index contributed by atoms with van der Waals surface area (Å²) in [6, 6.07) is 6.07. The number of carbonyl (C=O) groups is 1. The van der Waals surface area contributed by atoms with Crippen LogP contribution in [0.3, 0.4) is 0 Å². The van der Waals surface area contributed by atoms with Crippen LogP contribution in [-0.4, -0.2) is 36.5 Å². The van der Waals surface area contributed by atoms with E-state index in [1.165, 1.54) is 0 Å². The molecule has 0 bridgehead atoms. The number of hydrogen-bond acceptors (Lipinski definition) is 2. The molecule has 2 aliphatic rings.